The summed E-state index contributed by atoms with van der Waals surface area (Å²) in [5.74, 6) is 2.37. The third-order valence-corrected chi connectivity index (χ3v) is 23.4. The van der Waals surface area contributed by atoms with Crippen LogP contribution >= 0.6 is 0 Å². The number of hydrogen-bond acceptors (Lipinski definition) is 2. The Morgan fingerprint density at radius 2 is 1.11 bits per heavy atom. The maximum absolute atomic E-state index is 7.16. The summed E-state index contributed by atoms with van der Waals surface area (Å²) < 4.78 is 14.1. The Labute approximate surface area is 493 Å². The normalized spacial score (nSPS) is 14.8. The standard InChI is InChI=1S/C78H66N4OSi/c1-76(2,3)55-41-44-79-73(46-55)82-67-32-21-20-31-61(67)62-38-36-57(49-69(62)82)83-58-37-40-71-70(50-58)81-51-80(68-33-22-34-72(75(68)81)84(71,59-27-16-10-17-28-59)60-29-18-11-19-30-60)56-47-63(52-23-12-8-13-24-52)74(64(48-56)53-25-14-9-15-26-53)54-35-39-65-66(45-54)78(6,7)43-42-77(65,4)5/h8-41,44-50H,42-43H2,1-7H3. The van der Waals surface area contributed by atoms with Crippen molar-refractivity contribution < 1.29 is 9.30 Å². The van der Waals surface area contributed by atoms with Gasteiger partial charge >= 0.3 is 0 Å². The molecule has 15 rings (SSSR count). The number of nitrogens with zero attached hydrogens (tertiary/aromatic N) is 4. The lowest BCUT2D eigenvalue weighted by Gasteiger charge is -2.42. The van der Waals surface area contributed by atoms with Gasteiger partial charge in [-0.1, -0.05) is 230 Å². The summed E-state index contributed by atoms with van der Waals surface area (Å²) >= 11 is 0. The topological polar surface area (TPSA) is 35.9 Å². The molecular weight excluding hydrogens is 1040 g/mol. The molecule has 10 aromatic carbocycles. The summed E-state index contributed by atoms with van der Waals surface area (Å²) in [4.78, 5) is 4.98. The van der Waals surface area contributed by atoms with Crippen LogP contribution in [0.5, 0.6) is 11.5 Å². The minimum atomic E-state index is -3.06. The van der Waals surface area contributed by atoms with Crippen molar-refractivity contribution in [3.05, 3.63) is 272 Å². The van der Waals surface area contributed by atoms with E-state index in [1.165, 1.54) is 71.5 Å². The van der Waals surface area contributed by atoms with Gasteiger partial charge in [0, 0.05) is 23.0 Å². The van der Waals surface area contributed by atoms with Crippen molar-refractivity contribution in [2.24, 2.45) is 0 Å². The molecule has 2 aliphatic rings. The highest BCUT2D eigenvalue weighted by molar-refractivity contribution is 7.21. The Balaban J connectivity index is 0.965. The molecule has 1 aliphatic heterocycles. The van der Waals surface area contributed by atoms with Crippen LogP contribution in [0.4, 0.5) is 0 Å². The zero-order valence-corrected chi connectivity index (χ0v) is 49.8. The predicted molar refractivity (Wildman–Crippen MR) is 350 cm³/mol. The van der Waals surface area contributed by atoms with E-state index in [1.54, 1.807) is 0 Å². The number of para-hydroxylation sites is 2. The Hall–Kier alpha value is -9.36. The van der Waals surface area contributed by atoms with Crippen molar-refractivity contribution in [3.8, 4) is 62.1 Å². The quantitative estimate of drug-likeness (QED) is 0.0820. The van der Waals surface area contributed by atoms with Crippen LogP contribution in [0.25, 0.3) is 83.4 Å². The number of hydrogen-bond donors (Lipinski definition) is 0. The van der Waals surface area contributed by atoms with E-state index in [2.05, 4.69) is 311 Å². The molecule has 1 aliphatic carbocycles. The summed E-state index contributed by atoms with van der Waals surface area (Å²) in [6, 6.07) is 89.9. The maximum atomic E-state index is 7.16. The minimum Gasteiger partial charge on any atom is -0.458 e. The molecule has 0 radical (unpaired) electrons. The van der Waals surface area contributed by atoms with Crippen molar-refractivity contribution in [3.63, 3.8) is 0 Å². The second-order valence-corrected chi connectivity index (χ2v) is 29.3. The number of aromatic nitrogens is 4. The average molecular weight is 1100 g/mol. The first kappa shape index (κ1) is 51.5. The first-order valence-electron chi connectivity index (χ1n) is 29.6. The SMILES string of the molecule is CC(C)(C)c1ccnc(-n2c3ccccc3c3ccc(Oc4ccc5c(c4)-n4[c-][n+](-c6cc(-c7ccccc7)c(-c7ccc8c(c7)C(C)(C)CCC8(C)C)c(-c7ccccc7)c6)c6cccc(c64)[Si]5(c4ccccc4)c4ccccc4)cc32)c1. The molecule has 408 valence electrons. The number of fused-ring (bicyclic) bond motifs is 6. The molecule has 5 nitrogen and oxygen atoms in total. The van der Waals surface area contributed by atoms with Crippen LogP contribution in [0.2, 0.25) is 0 Å². The average Bonchev–Trinajstić information content (AvgIpc) is 1.52. The van der Waals surface area contributed by atoms with Gasteiger partial charge in [-0.3, -0.25) is 13.7 Å². The first-order valence-corrected chi connectivity index (χ1v) is 31.6. The minimum absolute atomic E-state index is 0.0419. The van der Waals surface area contributed by atoms with Gasteiger partial charge in [-0.2, -0.15) is 0 Å². The number of imidazole rings is 1. The number of ether oxygens (including phenoxy) is 1. The third kappa shape index (κ3) is 8.17. The van der Waals surface area contributed by atoms with E-state index >= 15 is 0 Å². The molecule has 0 saturated carbocycles. The van der Waals surface area contributed by atoms with E-state index in [4.69, 9.17) is 9.72 Å². The van der Waals surface area contributed by atoms with Gasteiger partial charge in [-0.25, -0.2) is 4.98 Å². The maximum Gasteiger partial charge on any atom is 0.269 e. The first-order chi connectivity index (χ1) is 40.8. The Kier molecular flexibility index (Phi) is 11.9. The zero-order chi connectivity index (χ0) is 57.1. The van der Waals surface area contributed by atoms with Gasteiger partial charge < -0.3 is 4.74 Å². The lowest BCUT2D eigenvalue weighted by molar-refractivity contribution is -0.572. The second kappa shape index (κ2) is 19.4. The largest absolute Gasteiger partial charge is 0.458 e. The van der Waals surface area contributed by atoms with Crippen LogP contribution in [-0.2, 0) is 16.2 Å². The summed E-state index contributed by atoms with van der Waals surface area (Å²) in [5.41, 5.74) is 17.8. The van der Waals surface area contributed by atoms with Crippen molar-refractivity contribution in [2.75, 3.05) is 0 Å². The second-order valence-electron chi connectivity index (χ2n) is 25.6. The van der Waals surface area contributed by atoms with E-state index in [-0.39, 0.29) is 16.2 Å². The lowest BCUT2D eigenvalue weighted by Crippen LogP contribution is -2.76. The molecule has 13 aromatic rings. The van der Waals surface area contributed by atoms with Crippen molar-refractivity contribution in [1.82, 2.24) is 14.1 Å². The fraction of sp³-hybridized carbons (Fsp3) is 0.154. The number of pyridine rings is 1. The van der Waals surface area contributed by atoms with Crippen LogP contribution in [0, 0.1) is 6.33 Å². The smallest absolute Gasteiger partial charge is 0.269 e. The van der Waals surface area contributed by atoms with Crippen molar-refractivity contribution >= 4 is 61.7 Å². The van der Waals surface area contributed by atoms with Crippen LogP contribution in [0.15, 0.2) is 249 Å². The fourth-order valence-corrected chi connectivity index (χ4v) is 19.2. The summed E-state index contributed by atoms with van der Waals surface area (Å²) in [7, 11) is -3.06. The summed E-state index contributed by atoms with van der Waals surface area (Å²) in [5, 5.41) is 7.55. The molecule has 84 heavy (non-hydrogen) atoms. The van der Waals surface area contributed by atoms with Crippen LogP contribution in [0.1, 0.15) is 78.0 Å². The molecule has 0 saturated heterocycles. The molecule has 0 fully saturated rings. The van der Waals surface area contributed by atoms with Gasteiger partial charge in [0.1, 0.15) is 17.3 Å². The number of rotatable bonds is 9. The van der Waals surface area contributed by atoms with E-state index in [0.29, 0.717) is 0 Å². The van der Waals surface area contributed by atoms with Crippen molar-refractivity contribution in [1.29, 1.82) is 0 Å². The highest BCUT2D eigenvalue weighted by Crippen LogP contribution is 2.49. The molecule has 6 heteroatoms. The van der Waals surface area contributed by atoms with E-state index in [1.807, 2.05) is 6.20 Å². The van der Waals surface area contributed by atoms with Gasteiger partial charge in [0.15, 0.2) is 8.07 Å². The zero-order valence-electron chi connectivity index (χ0n) is 48.8. The molecule has 0 atom stereocenters. The molecule has 0 N–H and O–H groups in total. The van der Waals surface area contributed by atoms with E-state index in [9.17, 15) is 0 Å². The summed E-state index contributed by atoms with van der Waals surface area (Å²) in [6.45, 7) is 16.4. The number of benzene rings is 10. The van der Waals surface area contributed by atoms with E-state index in [0.717, 1.165) is 73.7 Å². The van der Waals surface area contributed by atoms with Crippen LogP contribution in [0.3, 0.4) is 0 Å². The molecule has 0 bridgehead atoms. The van der Waals surface area contributed by atoms with Gasteiger partial charge in [0.25, 0.3) is 6.33 Å². The van der Waals surface area contributed by atoms with Gasteiger partial charge in [-0.05, 0) is 155 Å². The molecular formula is C78H66N4OSi. The highest BCUT2D eigenvalue weighted by Gasteiger charge is 2.47. The van der Waals surface area contributed by atoms with Gasteiger partial charge in [-0.15, -0.1) is 0 Å². The predicted octanol–water partition coefficient (Wildman–Crippen LogP) is 16.3. The Morgan fingerprint density at radius 3 is 1.77 bits per heavy atom. The van der Waals surface area contributed by atoms with E-state index < -0.39 is 8.07 Å². The monoisotopic (exact) mass is 1100 g/mol. The third-order valence-electron chi connectivity index (χ3n) is 18.5. The summed E-state index contributed by atoms with van der Waals surface area (Å²) in [6.07, 6.45) is 8.33. The van der Waals surface area contributed by atoms with Gasteiger partial charge in [0.05, 0.1) is 33.4 Å². The Bertz CT molecular complexity index is 4620. The molecule has 0 amide bonds. The fourth-order valence-electron chi connectivity index (χ4n) is 14.1. The van der Waals surface area contributed by atoms with Crippen LogP contribution < -0.4 is 30.1 Å². The Morgan fingerprint density at radius 1 is 0.512 bits per heavy atom. The molecule has 4 heterocycles. The van der Waals surface area contributed by atoms with Gasteiger partial charge in [0.2, 0.25) is 0 Å². The highest BCUT2D eigenvalue weighted by atomic mass is 28.3. The molecule has 0 unspecified atom stereocenters. The van der Waals surface area contributed by atoms with Crippen LogP contribution in [-0.4, -0.2) is 22.2 Å². The molecule has 0 spiro atoms. The van der Waals surface area contributed by atoms with Crippen molar-refractivity contribution in [2.45, 2.75) is 77.6 Å². The lowest BCUT2D eigenvalue weighted by atomic mass is 9.62. The molecule has 3 aromatic heterocycles.